The van der Waals surface area contributed by atoms with Gasteiger partial charge < -0.3 is 5.32 Å². The quantitative estimate of drug-likeness (QED) is 0.786. The molecule has 1 aliphatic carbocycles. The van der Waals surface area contributed by atoms with Crippen LogP contribution in [0.15, 0.2) is 49.0 Å². The Morgan fingerprint density at radius 2 is 1.76 bits per heavy atom. The Hall–Kier alpha value is -2.88. The molecule has 2 aliphatic rings. The predicted molar refractivity (Wildman–Crippen MR) is 79.4 cm³/mol. The predicted octanol–water partition coefficient (Wildman–Crippen LogP) is 2.39. The van der Waals surface area contributed by atoms with Crippen LogP contribution in [-0.2, 0) is 10.3 Å². The van der Waals surface area contributed by atoms with Gasteiger partial charge in [-0.05, 0) is 28.3 Å². The van der Waals surface area contributed by atoms with Gasteiger partial charge in [-0.2, -0.15) is 0 Å². The van der Waals surface area contributed by atoms with E-state index in [1.807, 2.05) is 42.5 Å². The number of carbonyl (C=O) groups is 2. The Labute approximate surface area is 121 Å². The molecule has 4 nitrogen and oxygen atoms in total. The number of hydrogen-bond acceptors (Lipinski definition) is 2. The molecule has 2 aromatic rings. The number of nitrogens with one attached hydrogen (secondary N) is 2. The number of fused-ring (bicyclic) bond motifs is 5. The van der Waals surface area contributed by atoms with Crippen molar-refractivity contribution in [3.05, 3.63) is 65.7 Å². The molecule has 1 saturated heterocycles. The van der Waals surface area contributed by atoms with Gasteiger partial charge >= 0.3 is 6.03 Å². The van der Waals surface area contributed by atoms with Gasteiger partial charge in [0.1, 0.15) is 0 Å². The van der Waals surface area contributed by atoms with Crippen LogP contribution in [-0.4, -0.2) is 11.9 Å². The molecule has 4 heteroatoms. The van der Waals surface area contributed by atoms with Crippen LogP contribution in [0.3, 0.4) is 0 Å². The van der Waals surface area contributed by atoms with E-state index >= 15 is 0 Å². The van der Waals surface area contributed by atoms with E-state index in [1.165, 1.54) is 0 Å². The number of urea groups is 1. The maximum absolute atomic E-state index is 12.5. The minimum absolute atomic E-state index is 0.333. The van der Waals surface area contributed by atoms with Crippen molar-refractivity contribution in [1.82, 2.24) is 10.6 Å². The molecule has 0 aromatic heterocycles. The normalized spacial score (nSPS) is 21.7. The lowest BCUT2D eigenvalue weighted by Crippen LogP contribution is -2.43. The summed E-state index contributed by atoms with van der Waals surface area (Å²) in [7, 11) is 0. The van der Waals surface area contributed by atoms with Gasteiger partial charge in [0.05, 0.1) is 0 Å². The van der Waals surface area contributed by atoms with Crippen LogP contribution in [0.4, 0.5) is 4.79 Å². The van der Waals surface area contributed by atoms with Gasteiger partial charge in [-0.1, -0.05) is 49.1 Å². The van der Waals surface area contributed by atoms with Crippen LogP contribution in [0.25, 0.3) is 17.2 Å². The summed E-state index contributed by atoms with van der Waals surface area (Å²) in [5, 5.41) is 5.16. The number of rotatable bonds is 1. The highest BCUT2D eigenvalue weighted by Gasteiger charge is 2.54. The minimum atomic E-state index is -1.12. The number of benzene rings is 2. The first-order chi connectivity index (χ1) is 10.2. The first-order valence-corrected chi connectivity index (χ1v) is 6.67. The lowest BCUT2D eigenvalue weighted by molar-refractivity contribution is -0.122. The van der Waals surface area contributed by atoms with Crippen LogP contribution < -0.4 is 10.6 Å². The Morgan fingerprint density at radius 3 is 2.48 bits per heavy atom. The Bertz CT molecular complexity index is 825. The van der Waals surface area contributed by atoms with Crippen LogP contribution in [0.5, 0.6) is 0 Å². The maximum atomic E-state index is 12.5. The fourth-order valence-corrected chi connectivity index (χ4v) is 3.26. The second-order valence-corrected chi connectivity index (χ2v) is 5.21. The van der Waals surface area contributed by atoms with Crippen molar-refractivity contribution in [2.24, 2.45) is 0 Å². The van der Waals surface area contributed by atoms with Gasteiger partial charge in [-0.15, -0.1) is 0 Å². The van der Waals surface area contributed by atoms with Crippen LogP contribution in [0.2, 0.25) is 0 Å². The van der Waals surface area contributed by atoms with E-state index in [0.29, 0.717) is 0 Å². The first-order valence-electron chi connectivity index (χ1n) is 6.67. The number of hydrogen-bond donors (Lipinski definition) is 2. The Morgan fingerprint density at radius 1 is 1.00 bits per heavy atom. The fraction of sp³-hybridized carbons (Fsp3) is 0.0588. The van der Waals surface area contributed by atoms with E-state index < -0.39 is 11.6 Å². The lowest BCUT2D eigenvalue weighted by Gasteiger charge is -2.23. The summed E-state index contributed by atoms with van der Waals surface area (Å²) < 4.78 is 0. The highest BCUT2D eigenvalue weighted by molar-refractivity contribution is 6.13. The van der Waals surface area contributed by atoms with Crippen molar-refractivity contribution in [3.63, 3.8) is 0 Å². The van der Waals surface area contributed by atoms with Gasteiger partial charge in [0, 0.05) is 5.56 Å². The summed E-state index contributed by atoms with van der Waals surface area (Å²) in [5.41, 5.74) is 3.33. The maximum Gasteiger partial charge on any atom is 0.322 e. The van der Waals surface area contributed by atoms with Crippen LogP contribution in [0.1, 0.15) is 16.7 Å². The summed E-state index contributed by atoms with van der Waals surface area (Å²) in [6.45, 7) is 3.77. The van der Waals surface area contributed by atoms with E-state index in [-0.39, 0.29) is 5.91 Å². The summed E-state index contributed by atoms with van der Waals surface area (Å²) in [4.78, 5) is 24.2. The Balaban J connectivity index is 2.10. The second-order valence-electron chi connectivity index (χ2n) is 5.21. The lowest BCUT2D eigenvalue weighted by atomic mass is 9.87. The monoisotopic (exact) mass is 276 g/mol. The van der Waals surface area contributed by atoms with E-state index in [0.717, 1.165) is 27.8 Å². The average Bonchev–Trinajstić information content (AvgIpc) is 2.96. The number of amides is 3. The molecular formula is C17H12N2O2. The third kappa shape index (κ3) is 1.34. The van der Waals surface area contributed by atoms with Gasteiger partial charge in [-0.25, -0.2) is 4.79 Å². The zero-order chi connectivity index (χ0) is 14.6. The van der Waals surface area contributed by atoms with E-state index in [1.54, 1.807) is 6.08 Å². The molecule has 102 valence electrons. The van der Waals surface area contributed by atoms with Gasteiger partial charge in [-0.3, -0.25) is 10.1 Å². The van der Waals surface area contributed by atoms with Gasteiger partial charge in [0.2, 0.25) is 0 Å². The highest BCUT2D eigenvalue weighted by atomic mass is 16.2. The third-order valence-corrected chi connectivity index (χ3v) is 4.17. The molecule has 1 heterocycles. The van der Waals surface area contributed by atoms with E-state index in [4.69, 9.17) is 0 Å². The molecule has 1 spiro atoms. The van der Waals surface area contributed by atoms with Crippen molar-refractivity contribution < 1.29 is 9.59 Å². The van der Waals surface area contributed by atoms with Gasteiger partial charge in [0.25, 0.3) is 5.91 Å². The molecule has 0 radical (unpaired) electrons. The van der Waals surface area contributed by atoms with E-state index in [9.17, 15) is 9.59 Å². The smallest absolute Gasteiger partial charge is 0.316 e. The van der Waals surface area contributed by atoms with Crippen molar-refractivity contribution in [1.29, 1.82) is 0 Å². The molecule has 21 heavy (non-hydrogen) atoms. The number of carbonyl (C=O) groups excluding carboxylic acids is 2. The van der Waals surface area contributed by atoms with Crippen molar-refractivity contribution in [3.8, 4) is 11.1 Å². The topological polar surface area (TPSA) is 58.2 Å². The van der Waals surface area contributed by atoms with E-state index in [2.05, 4.69) is 17.2 Å². The van der Waals surface area contributed by atoms with Gasteiger partial charge in [0.15, 0.2) is 5.54 Å². The molecule has 2 N–H and O–H groups in total. The molecule has 1 fully saturated rings. The second kappa shape index (κ2) is 3.82. The van der Waals surface area contributed by atoms with Crippen molar-refractivity contribution in [2.45, 2.75) is 5.54 Å². The minimum Gasteiger partial charge on any atom is -0.316 e. The molecule has 1 unspecified atom stereocenters. The zero-order valence-electron chi connectivity index (χ0n) is 11.1. The summed E-state index contributed by atoms with van der Waals surface area (Å²) >= 11 is 0. The third-order valence-electron chi connectivity index (χ3n) is 4.17. The molecule has 2 aromatic carbocycles. The molecule has 1 atom stereocenters. The number of imide groups is 1. The fourth-order valence-electron chi connectivity index (χ4n) is 3.26. The zero-order valence-corrected chi connectivity index (χ0v) is 11.1. The molecule has 0 saturated carbocycles. The van der Waals surface area contributed by atoms with Crippen molar-refractivity contribution in [2.75, 3.05) is 0 Å². The Kier molecular flexibility index (Phi) is 2.17. The molecule has 0 bridgehead atoms. The molecular weight excluding hydrogens is 264 g/mol. The average molecular weight is 276 g/mol. The SMILES string of the molecule is C=Cc1ccc2c(c1)C1(NC(=O)NC1=O)c1ccccc1-2. The first kappa shape index (κ1) is 11.9. The summed E-state index contributed by atoms with van der Waals surface area (Å²) in [6.07, 6.45) is 1.73. The summed E-state index contributed by atoms with van der Waals surface area (Å²) in [6, 6.07) is 13.0. The molecule has 3 amide bonds. The van der Waals surface area contributed by atoms with Crippen LogP contribution in [0, 0.1) is 0 Å². The molecule has 1 aliphatic heterocycles. The largest absolute Gasteiger partial charge is 0.322 e. The standard InChI is InChI=1S/C17H12N2O2/c1-2-10-7-8-12-11-5-3-4-6-13(11)17(14(12)9-10)15(20)18-16(21)19-17/h2-9H,1H2,(H2,18,19,20,21). The molecule has 4 rings (SSSR count). The highest BCUT2D eigenvalue weighted by Crippen LogP contribution is 2.49. The van der Waals surface area contributed by atoms with Crippen LogP contribution >= 0.6 is 0 Å². The van der Waals surface area contributed by atoms with Crippen molar-refractivity contribution >= 4 is 18.0 Å². The summed E-state index contributed by atoms with van der Waals surface area (Å²) in [5.74, 6) is -0.333.